The van der Waals surface area contributed by atoms with Crippen molar-refractivity contribution in [2.45, 2.75) is 51.4 Å². The Balaban J connectivity index is 1.75. The highest BCUT2D eigenvalue weighted by Gasteiger charge is 2.51. The molecule has 1 N–H and O–H groups in total. The molecule has 2 amide bonds. The molecule has 0 spiro atoms. The van der Waals surface area contributed by atoms with E-state index in [1.165, 1.54) is 24.3 Å². The lowest BCUT2D eigenvalue weighted by Crippen LogP contribution is -2.48. The van der Waals surface area contributed by atoms with Gasteiger partial charge in [0, 0.05) is 12.1 Å². The van der Waals surface area contributed by atoms with Crippen molar-refractivity contribution >= 4 is 17.7 Å². The number of pyridine rings is 1. The summed E-state index contributed by atoms with van der Waals surface area (Å²) in [5.74, 6) is -0.857. The number of benzene rings is 1. The Labute approximate surface area is 182 Å². The molecule has 172 valence electrons. The standard InChI is InChI=1S/C22H23F4N3O3/c1-13(27-19(30)14-6-8-15(23)9-7-14)16-10-11-18-17(28-16)5-4-12-29(18)20(31)32-21(2,3)22(24,25)26/h6-11,13H,4-5,12H2,1-3H3,(H,27,30). The van der Waals surface area contributed by atoms with Gasteiger partial charge < -0.3 is 10.1 Å². The third-order valence-electron chi connectivity index (χ3n) is 5.20. The first-order valence-electron chi connectivity index (χ1n) is 10.0. The number of anilines is 1. The van der Waals surface area contributed by atoms with Crippen molar-refractivity contribution in [2.75, 3.05) is 11.4 Å². The van der Waals surface area contributed by atoms with Crippen molar-refractivity contribution in [1.29, 1.82) is 0 Å². The normalized spacial score (nSPS) is 15.0. The van der Waals surface area contributed by atoms with Crippen LogP contribution in [-0.2, 0) is 11.2 Å². The van der Waals surface area contributed by atoms with E-state index in [1.807, 2.05) is 0 Å². The Kier molecular flexibility index (Phi) is 6.43. The van der Waals surface area contributed by atoms with Gasteiger partial charge in [0.25, 0.3) is 5.91 Å². The molecule has 1 aromatic heterocycles. The second-order valence-electron chi connectivity index (χ2n) is 8.04. The molecule has 0 radical (unpaired) electrons. The molecule has 1 unspecified atom stereocenters. The van der Waals surface area contributed by atoms with Crippen molar-refractivity contribution in [3.63, 3.8) is 0 Å². The van der Waals surface area contributed by atoms with Gasteiger partial charge in [-0.3, -0.25) is 14.7 Å². The van der Waals surface area contributed by atoms with Gasteiger partial charge in [0.1, 0.15) is 5.82 Å². The summed E-state index contributed by atoms with van der Waals surface area (Å²) in [4.78, 5) is 30.5. The van der Waals surface area contributed by atoms with Gasteiger partial charge in [0.15, 0.2) is 0 Å². The van der Waals surface area contributed by atoms with Gasteiger partial charge >= 0.3 is 12.3 Å². The van der Waals surface area contributed by atoms with E-state index >= 15 is 0 Å². The summed E-state index contributed by atoms with van der Waals surface area (Å²) >= 11 is 0. The number of alkyl halides is 3. The van der Waals surface area contributed by atoms with E-state index in [2.05, 4.69) is 10.3 Å². The van der Waals surface area contributed by atoms with Gasteiger partial charge in [-0.25, -0.2) is 9.18 Å². The molecule has 0 fully saturated rings. The van der Waals surface area contributed by atoms with Crippen LogP contribution in [0.15, 0.2) is 36.4 Å². The van der Waals surface area contributed by atoms with E-state index in [-0.39, 0.29) is 12.1 Å². The summed E-state index contributed by atoms with van der Waals surface area (Å²) in [6.07, 6.45) is -4.78. The zero-order valence-corrected chi connectivity index (χ0v) is 17.8. The van der Waals surface area contributed by atoms with Gasteiger partial charge in [-0.1, -0.05) is 0 Å². The number of aryl methyl sites for hydroxylation is 1. The van der Waals surface area contributed by atoms with Crippen LogP contribution in [0.3, 0.4) is 0 Å². The molecule has 1 aliphatic rings. The fourth-order valence-corrected chi connectivity index (χ4v) is 3.18. The third-order valence-corrected chi connectivity index (χ3v) is 5.20. The lowest BCUT2D eigenvalue weighted by atomic mass is 10.1. The largest absolute Gasteiger partial charge is 0.433 e. The molecular weight excluding hydrogens is 430 g/mol. The summed E-state index contributed by atoms with van der Waals surface area (Å²) in [6, 6.07) is 7.78. The second kappa shape index (κ2) is 8.76. The molecule has 1 aromatic carbocycles. The first-order chi connectivity index (χ1) is 14.9. The predicted octanol–water partition coefficient (Wildman–Crippen LogP) is 4.94. The molecule has 2 aromatic rings. The van der Waals surface area contributed by atoms with E-state index < -0.39 is 35.6 Å². The molecule has 2 heterocycles. The van der Waals surface area contributed by atoms with Crippen molar-refractivity contribution < 1.29 is 31.9 Å². The SMILES string of the molecule is CC(NC(=O)c1ccc(F)cc1)c1ccc2c(n1)CCCN2C(=O)OC(C)(C)C(F)(F)F. The quantitative estimate of drug-likeness (QED) is 0.666. The van der Waals surface area contributed by atoms with Crippen LogP contribution in [0.2, 0.25) is 0 Å². The number of ether oxygens (including phenoxy) is 1. The maximum Gasteiger partial charge on any atom is 0.427 e. The Morgan fingerprint density at radius 3 is 2.41 bits per heavy atom. The van der Waals surface area contributed by atoms with Crippen LogP contribution in [0.1, 0.15) is 55.0 Å². The van der Waals surface area contributed by atoms with E-state index in [4.69, 9.17) is 4.74 Å². The number of carbonyl (C=O) groups is 2. The number of halogens is 4. The van der Waals surface area contributed by atoms with E-state index in [0.717, 1.165) is 18.7 Å². The fraction of sp³-hybridized carbons (Fsp3) is 0.409. The van der Waals surface area contributed by atoms with Crippen molar-refractivity contribution in [2.24, 2.45) is 0 Å². The molecule has 0 bridgehead atoms. The molecule has 3 rings (SSSR count). The number of nitrogens with zero attached hydrogens (tertiary/aromatic N) is 2. The second-order valence-corrected chi connectivity index (χ2v) is 8.04. The highest BCUT2D eigenvalue weighted by atomic mass is 19.4. The third kappa shape index (κ3) is 5.00. The zero-order valence-electron chi connectivity index (χ0n) is 17.8. The van der Waals surface area contributed by atoms with E-state index in [1.54, 1.807) is 19.1 Å². The average molecular weight is 453 g/mol. The van der Waals surface area contributed by atoms with E-state index in [0.29, 0.717) is 29.9 Å². The van der Waals surface area contributed by atoms with Crippen LogP contribution in [0, 0.1) is 5.82 Å². The number of hydrogen-bond acceptors (Lipinski definition) is 4. The van der Waals surface area contributed by atoms with Crippen molar-refractivity contribution in [3.8, 4) is 0 Å². The fourth-order valence-electron chi connectivity index (χ4n) is 3.18. The van der Waals surface area contributed by atoms with E-state index in [9.17, 15) is 27.2 Å². The number of rotatable bonds is 4. The average Bonchev–Trinajstić information content (AvgIpc) is 2.72. The molecule has 0 saturated carbocycles. The molecule has 1 aliphatic heterocycles. The van der Waals surface area contributed by atoms with Crippen LogP contribution in [0.4, 0.5) is 28.0 Å². The minimum absolute atomic E-state index is 0.206. The van der Waals surface area contributed by atoms with Gasteiger partial charge in [-0.2, -0.15) is 13.2 Å². The summed E-state index contributed by atoms with van der Waals surface area (Å²) in [5.41, 5.74) is -0.922. The highest BCUT2D eigenvalue weighted by molar-refractivity contribution is 5.94. The van der Waals surface area contributed by atoms with Crippen LogP contribution in [0.5, 0.6) is 0 Å². The molecular formula is C22H23F4N3O3. The molecule has 1 atom stereocenters. The molecule has 6 nitrogen and oxygen atoms in total. The minimum atomic E-state index is -4.71. The topological polar surface area (TPSA) is 71.5 Å². The van der Waals surface area contributed by atoms with Gasteiger partial charge in [0.05, 0.1) is 23.1 Å². The van der Waals surface area contributed by atoms with Crippen molar-refractivity contribution in [3.05, 3.63) is 59.2 Å². The Morgan fingerprint density at radius 1 is 1.12 bits per heavy atom. The summed E-state index contributed by atoms with van der Waals surface area (Å²) in [7, 11) is 0. The highest BCUT2D eigenvalue weighted by Crippen LogP contribution is 2.35. The maximum atomic E-state index is 13.1. The lowest BCUT2D eigenvalue weighted by molar-refractivity contribution is -0.243. The Bertz CT molecular complexity index is 1010. The number of hydrogen-bond donors (Lipinski definition) is 1. The van der Waals surface area contributed by atoms with Gasteiger partial charge in [0.2, 0.25) is 5.60 Å². The molecule has 32 heavy (non-hydrogen) atoms. The summed E-state index contributed by atoms with van der Waals surface area (Å²) in [5, 5.41) is 2.77. The number of nitrogens with one attached hydrogen (secondary N) is 1. The molecule has 10 heteroatoms. The van der Waals surface area contributed by atoms with Crippen LogP contribution >= 0.6 is 0 Å². The maximum absolute atomic E-state index is 13.1. The van der Waals surface area contributed by atoms with Crippen molar-refractivity contribution in [1.82, 2.24) is 10.3 Å². The number of fused-ring (bicyclic) bond motifs is 1. The summed E-state index contributed by atoms with van der Waals surface area (Å²) in [6.45, 7) is 3.51. The Morgan fingerprint density at radius 2 is 1.78 bits per heavy atom. The van der Waals surface area contributed by atoms with Gasteiger partial charge in [-0.15, -0.1) is 0 Å². The van der Waals surface area contributed by atoms with Crippen LogP contribution in [-0.4, -0.2) is 35.3 Å². The zero-order chi connectivity index (χ0) is 23.7. The summed E-state index contributed by atoms with van der Waals surface area (Å²) < 4.78 is 57.0. The number of aromatic nitrogens is 1. The first-order valence-corrected chi connectivity index (χ1v) is 10.0. The monoisotopic (exact) mass is 453 g/mol. The van der Waals surface area contributed by atoms with Crippen LogP contribution in [0.25, 0.3) is 0 Å². The Hall–Kier alpha value is -3.17. The predicted molar refractivity (Wildman–Crippen MR) is 109 cm³/mol. The van der Waals surface area contributed by atoms with Gasteiger partial charge in [-0.05, 0) is 70.0 Å². The molecule has 0 aliphatic carbocycles. The smallest absolute Gasteiger partial charge is 0.427 e. The number of carbonyl (C=O) groups excluding carboxylic acids is 2. The van der Waals surface area contributed by atoms with Crippen LogP contribution < -0.4 is 10.2 Å². The molecule has 0 saturated heterocycles. The first kappa shape index (κ1) is 23.5. The lowest BCUT2D eigenvalue weighted by Gasteiger charge is -2.33. The number of amides is 2. The minimum Gasteiger partial charge on any atom is -0.433 e.